The molecular weight excluding hydrogens is 431 g/mol. The van der Waals surface area contributed by atoms with Gasteiger partial charge in [-0.1, -0.05) is 53.0 Å². The number of ketones is 1. The molecule has 4 aromatic rings. The first-order chi connectivity index (χ1) is 14.0. The number of carbonyl (C=O) groups excluding carboxylic acids is 1. The molecule has 3 nitrogen and oxygen atoms in total. The molecule has 0 spiro atoms. The summed E-state index contributed by atoms with van der Waals surface area (Å²) in [6.45, 7) is 0. The molecule has 0 unspecified atom stereocenters. The minimum absolute atomic E-state index is 0.206. The molecule has 2 aromatic carbocycles. The highest BCUT2D eigenvalue weighted by molar-refractivity contribution is 6.39. The third-order valence-corrected chi connectivity index (χ3v) is 5.18. The Morgan fingerprint density at radius 1 is 0.724 bits per heavy atom. The Kier molecular flexibility index (Phi) is 5.63. The van der Waals surface area contributed by atoms with Crippen molar-refractivity contribution in [2.45, 2.75) is 0 Å². The smallest absolute Gasteiger partial charge is 0.221 e. The maximum atomic E-state index is 12.4. The number of rotatable bonds is 5. The fourth-order valence-corrected chi connectivity index (χ4v) is 3.64. The molecule has 0 aliphatic carbocycles. The highest BCUT2D eigenvalue weighted by atomic mass is 35.5. The van der Waals surface area contributed by atoms with Crippen LogP contribution in [0.15, 0.2) is 81.6 Å². The quantitative estimate of drug-likeness (QED) is 0.231. The van der Waals surface area contributed by atoms with E-state index in [-0.39, 0.29) is 11.5 Å². The fraction of sp³-hybridized carbons (Fsp3) is 0. The normalized spacial score (nSPS) is 11.3. The first-order valence-electron chi connectivity index (χ1n) is 8.64. The van der Waals surface area contributed by atoms with Gasteiger partial charge < -0.3 is 8.83 Å². The number of allylic oxidation sites excluding steroid dienone is 1. The first kappa shape index (κ1) is 19.6. The highest BCUT2D eigenvalue weighted by Crippen LogP contribution is 2.35. The zero-order valence-electron chi connectivity index (χ0n) is 14.9. The predicted molar refractivity (Wildman–Crippen MR) is 117 cm³/mol. The van der Waals surface area contributed by atoms with Gasteiger partial charge in [0.2, 0.25) is 5.78 Å². The van der Waals surface area contributed by atoms with Crippen molar-refractivity contribution < 1.29 is 13.6 Å². The molecule has 0 N–H and O–H groups in total. The zero-order valence-corrected chi connectivity index (χ0v) is 17.1. The second kappa shape index (κ2) is 8.34. The molecule has 144 valence electrons. The molecule has 0 aliphatic rings. The van der Waals surface area contributed by atoms with Crippen molar-refractivity contribution in [3.05, 3.63) is 99.4 Å². The van der Waals surface area contributed by atoms with Crippen LogP contribution in [0.25, 0.3) is 28.7 Å². The standard InChI is InChI=1S/C23H13Cl3O3/c24-16-5-2-1-4-15(16)20-12-13-21(29-20)19(27)10-8-14-9-11-22(28-14)23-17(25)6-3-7-18(23)26/h1-13H/b10-8+. The molecule has 2 heterocycles. The van der Waals surface area contributed by atoms with E-state index in [9.17, 15) is 4.79 Å². The lowest BCUT2D eigenvalue weighted by Crippen LogP contribution is -1.90. The molecule has 0 amide bonds. The average molecular weight is 444 g/mol. The van der Waals surface area contributed by atoms with E-state index in [2.05, 4.69) is 0 Å². The van der Waals surface area contributed by atoms with E-state index in [0.29, 0.717) is 37.9 Å². The first-order valence-corrected chi connectivity index (χ1v) is 9.77. The summed E-state index contributed by atoms with van der Waals surface area (Å²) < 4.78 is 11.4. The third kappa shape index (κ3) is 4.18. The van der Waals surface area contributed by atoms with E-state index >= 15 is 0 Å². The average Bonchev–Trinajstić information content (AvgIpc) is 3.36. The molecule has 0 aliphatic heterocycles. The highest BCUT2D eigenvalue weighted by Gasteiger charge is 2.14. The predicted octanol–water partition coefficient (Wildman–Crippen LogP) is 8.06. The van der Waals surface area contributed by atoms with Crippen LogP contribution in [0.3, 0.4) is 0 Å². The summed E-state index contributed by atoms with van der Waals surface area (Å²) in [7, 11) is 0. The van der Waals surface area contributed by atoms with Gasteiger partial charge in [-0.3, -0.25) is 4.79 Å². The summed E-state index contributed by atoms with van der Waals surface area (Å²) in [6.07, 6.45) is 2.94. The van der Waals surface area contributed by atoms with Gasteiger partial charge >= 0.3 is 0 Å². The van der Waals surface area contributed by atoms with Gasteiger partial charge in [-0.15, -0.1) is 0 Å². The number of hydrogen-bond donors (Lipinski definition) is 0. The van der Waals surface area contributed by atoms with Crippen LogP contribution in [0.1, 0.15) is 16.3 Å². The lowest BCUT2D eigenvalue weighted by molar-refractivity contribution is 0.102. The van der Waals surface area contributed by atoms with Crippen LogP contribution in [0.4, 0.5) is 0 Å². The van der Waals surface area contributed by atoms with Crippen LogP contribution in [0.2, 0.25) is 15.1 Å². The van der Waals surface area contributed by atoms with Crippen molar-refractivity contribution in [1.29, 1.82) is 0 Å². The Labute approximate surface area is 182 Å². The van der Waals surface area contributed by atoms with E-state index in [1.165, 1.54) is 6.08 Å². The molecule has 0 bridgehead atoms. The van der Waals surface area contributed by atoms with Gasteiger partial charge in [0.1, 0.15) is 17.3 Å². The summed E-state index contributed by atoms with van der Waals surface area (Å²) in [5, 5.41) is 1.53. The largest absolute Gasteiger partial charge is 0.457 e. The lowest BCUT2D eigenvalue weighted by atomic mass is 10.2. The molecule has 0 fully saturated rings. The molecule has 2 aromatic heterocycles. The topological polar surface area (TPSA) is 43.4 Å². The van der Waals surface area contributed by atoms with Gasteiger partial charge in [0, 0.05) is 5.56 Å². The number of benzene rings is 2. The van der Waals surface area contributed by atoms with Gasteiger partial charge in [0.25, 0.3) is 0 Å². The van der Waals surface area contributed by atoms with Gasteiger partial charge in [-0.05, 0) is 60.7 Å². The van der Waals surface area contributed by atoms with Crippen LogP contribution in [0.5, 0.6) is 0 Å². The monoisotopic (exact) mass is 442 g/mol. The van der Waals surface area contributed by atoms with Crippen molar-refractivity contribution in [2.75, 3.05) is 0 Å². The van der Waals surface area contributed by atoms with Crippen molar-refractivity contribution >= 4 is 46.7 Å². The van der Waals surface area contributed by atoms with Crippen molar-refractivity contribution in [3.8, 4) is 22.6 Å². The number of furan rings is 2. The molecule has 0 atom stereocenters. The molecule has 0 saturated heterocycles. The molecular formula is C23H13Cl3O3. The van der Waals surface area contributed by atoms with Crippen LogP contribution in [-0.4, -0.2) is 5.78 Å². The number of halogens is 3. The van der Waals surface area contributed by atoms with Crippen LogP contribution < -0.4 is 0 Å². The Hall–Kier alpha value is -2.72. The Morgan fingerprint density at radius 2 is 1.41 bits per heavy atom. The second-order valence-electron chi connectivity index (χ2n) is 6.14. The Morgan fingerprint density at radius 3 is 2.17 bits per heavy atom. The molecule has 0 radical (unpaired) electrons. The Bertz CT molecular complexity index is 1200. The molecule has 29 heavy (non-hydrogen) atoms. The van der Waals surface area contributed by atoms with Gasteiger partial charge in [-0.2, -0.15) is 0 Å². The van der Waals surface area contributed by atoms with Crippen LogP contribution in [-0.2, 0) is 0 Å². The van der Waals surface area contributed by atoms with Crippen molar-refractivity contribution in [1.82, 2.24) is 0 Å². The van der Waals surface area contributed by atoms with Crippen molar-refractivity contribution in [3.63, 3.8) is 0 Å². The Balaban J connectivity index is 1.53. The molecule has 4 rings (SSSR count). The van der Waals surface area contributed by atoms with E-state index < -0.39 is 0 Å². The van der Waals surface area contributed by atoms with Gasteiger partial charge in [0.05, 0.1) is 20.6 Å². The summed E-state index contributed by atoms with van der Waals surface area (Å²) in [5.41, 5.74) is 1.33. The zero-order chi connectivity index (χ0) is 20.4. The molecule has 0 saturated carbocycles. The minimum atomic E-state index is -0.294. The van der Waals surface area contributed by atoms with Gasteiger partial charge in [0.15, 0.2) is 5.76 Å². The maximum absolute atomic E-state index is 12.4. The van der Waals surface area contributed by atoms with E-state index in [1.54, 1.807) is 54.6 Å². The summed E-state index contributed by atoms with van der Waals surface area (Å²) in [5.74, 6) is 1.45. The summed E-state index contributed by atoms with van der Waals surface area (Å²) in [6, 6.07) is 19.3. The molecule has 6 heteroatoms. The van der Waals surface area contributed by atoms with E-state index in [4.69, 9.17) is 43.6 Å². The number of carbonyl (C=O) groups is 1. The lowest BCUT2D eigenvalue weighted by Gasteiger charge is -2.02. The summed E-state index contributed by atoms with van der Waals surface area (Å²) in [4.78, 5) is 12.4. The SMILES string of the molecule is O=C(/C=C/c1ccc(-c2c(Cl)cccc2Cl)o1)c1ccc(-c2ccccc2Cl)o1. The van der Waals surface area contributed by atoms with E-state index in [1.807, 2.05) is 18.2 Å². The minimum Gasteiger partial charge on any atom is -0.457 e. The van der Waals surface area contributed by atoms with Crippen molar-refractivity contribution in [2.24, 2.45) is 0 Å². The van der Waals surface area contributed by atoms with Crippen LogP contribution in [0, 0.1) is 0 Å². The second-order valence-corrected chi connectivity index (χ2v) is 7.36. The number of hydrogen-bond acceptors (Lipinski definition) is 3. The maximum Gasteiger partial charge on any atom is 0.221 e. The van der Waals surface area contributed by atoms with E-state index in [0.717, 1.165) is 5.56 Å². The third-order valence-electron chi connectivity index (χ3n) is 4.22. The summed E-state index contributed by atoms with van der Waals surface area (Å²) >= 11 is 18.6. The van der Waals surface area contributed by atoms with Crippen LogP contribution >= 0.6 is 34.8 Å². The fourth-order valence-electron chi connectivity index (χ4n) is 2.83. The van der Waals surface area contributed by atoms with Gasteiger partial charge in [-0.25, -0.2) is 0 Å².